The Labute approximate surface area is 183 Å². The zero-order valence-corrected chi connectivity index (χ0v) is 18.5. The molecular formula is C21H23N7O2S. The van der Waals surface area contributed by atoms with Crippen molar-refractivity contribution in [1.82, 2.24) is 35.1 Å². The summed E-state index contributed by atoms with van der Waals surface area (Å²) >= 11 is 1.67. The number of benzene rings is 1. The number of nitrogens with zero attached hydrogens (tertiary/aromatic N) is 7. The Morgan fingerprint density at radius 1 is 1.16 bits per heavy atom. The maximum atomic E-state index is 5.46. The molecule has 4 heterocycles. The average Bonchev–Trinajstić information content (AvgIpc) is 3.39. The minimum atomic E-state index is 0.519. The number of morpholine rings is 1. The van der Waals surface area contributed by atoms with Crippen LogP contribution < -0.4 is 4.74 Å². The molecule has 0 saturated carbocycles. The predicted octanol–water partition coefficient (Wildman–Crippen LogP) is 2.79. The Morgan fingerprint density at radius 3 is 2.81 bits per heavy atom. The van der Waals surface area contributed by atoms with Crippen molar-refractivity contribution in [2.75, 3.05) is 33.4 Å². The fourth-order valence-electron chi connectivity index (χ4n) is 3.63. The largest absolute Gasteiger partial charge is 0.497 e. The second kappa shape index (κ2) is 8.29. The van der Waals surface area contributed by atoms with Crippen LogP contribution in [-0.2, 0) is 11.3 Å². The van der Waals surface area contributed by atoms with E-state index in [4.69, 9.17) is 19.4 Å². The Balaban J connectivity index is 1.57. The summed E-state index contributed by atoms with van der Waals surface area (Å²) in [5.41, 5.74) is 1.98. The Kier molecular flexibility index (Phi) is 5.34. The van der Waals surface area contributed by atoms with Crippen molar-refractivity contribution in [2.24, 2.45) is 0 Å². The highest BCUT2D eigenvalue weighted by atomic mass is 32.1. The second-order valence-corrected chi connectivity index (χ2v) is 8.65. The summed E-state index contributed by atoms with van der Waals surface area (Å²) in [5, 5.41) is 14.2. The Morgan fingerprint density at radius 2 is 2.00 bits per heavy atom. The molecule has 0 N–H and O–H groups in total. The summed E-state index contributed by atoms with van der Waals surface area (Å²) in [6, 6.07) is 7.62. The molecule has 1 aromatic carbocycles. The number of tetrazole rings is 1. The first-order chi connectivity index (χ1) is 15.1. The molecule has 5 rings (SSSR count). The first-order valence-electron chi connectivity index (χ1n) is 10.1. The fraction of sp³-hybridized carbons (Fsp3) is 0.381. The third-order valence-electron chi connectivity index (χ3n) is 5.46. The molecule has 31 heavy (non-hydrogen) atoms. The van der Waals surface area contributed by atoms with Gasteiger partial charge in [-0.05, 0) is 36.8 Å². The van der Waals surface area contributed by atoms with E-state index in [-0.39, 0.29) is 0 Å². The maximum absolute atomic E-state index is 5.46. The summed E-state index contributed by atoms with van der Waals surface area (Å²) in [7, 11) is 1.64. The van der Waals surface area contributed by atoms with Crippen molar-refractivity contribution in [2.45, 2.75) is 20.4 Å². The lowest BCUT2D eigenvalue weighted by Gasteiger charge is -2.25. The van der Waals surface area contributed by atoms with Crippen LogP contribution in [0.15, 0.2) is 24.3 Å². The third kappa shape index (κ3) is 3.89. The van der Waals surface area contributed by atoms with E-state index in [9.17, 15) is 0 Å². The van der Waals surface area contributed by atoms with Crippen LogP contribution in [0.3, 0.4) is 0 Å². The van der Waals surface area contributed by atoms with Crippen LogP contribution in [-0.4, -0.2) is 68.5 Å². The Hall–Kier alpha value is -2.95. The van der Waals surface area contributed by atoms with Crippen LogP contribution >= 0.6 is 11.3 Å². The number of hydrogen-bond acceptors (Lipinski definition) is 9. The lowest BCUT2D eigenvalue weighted by atomic mass is 10.2. The van der Waals surface area contributed by atoms with Gasteiger partial charge in [0, 0.05) is 23.5 Å². The maximum Gasteiger partial charge on any atom is 0.205 e. The fourth-order valence-corrected chi connectivity index (χ4v) is 4.67. The van der Waals surface area contributed by atoms with E-state index in [1.165, 1.54) is 9.67 Å². The van der Waals surface area contributed by atoms with Crippen LogP contribution in [0.2, 0.25) is 0 Å². The molecular weight excluding hydrogens is 414 g/mol. The molecule has 1 saturated heterocycles. The molecule has 1 aliphatic heterocycles. The number of rotatable bonds is 5. The summed E-state index contributed by atoms with van der Waals surface area (Å²) < 4.78 is 10.8. The number of hydrogen-bond donors (Lipinski definition) is 0. The third-order valence-corrected chi connectivity index (χ3v) is 6.56. The van der Waals surface area contributed by atoms with Gasteiger partial charge in [-0.2, -0.15) is 0 Å². The molecule has 0 atom stereocenters. The monoisotopic (exact) mass is 437 g/mol. The molecule has 0 aliphatic carbocycles. The number of methoxy groups -OCH3 is 1. The van der Waals surface area contributed by atoms with Crippen LogP contribution in [0.1, 0.15) is 16.3 Å². The average molecular weight is 438 g/mol. The molecule has 9 nitrogen and oxygen atoms in total. The molecule has 1 fully saturated rings. The molecule has 0 amide bonds. The van der Waals surface area contributed by atoms with Crippen molar-refractivity contribution in [3.05, 3.63) is 40.5 Å². The summed E-state index contributed by atoms with van der Waals surface area (Å²) in [6.45, 7) is 8.08. The summed E-state index contributed by atoms with van der Waals surface area (Å²) in [5.74, 6) is 2.68. The molecule has 0 radical (unpaired) electrons. The van der Waals surface area contributed by atoms with Crippen molar-refractivity contribution >= 4 is 21.6 Å². The van der Waals surface area contributed by atoms with Gasteiger partial charge in [-0.1, -0.05) is 12.1 Å². The van der Waals surface area contributed by atoms with Gasteiger partial charge in [-0.25, -0.2) is 9.97 Å². The number of aromatic nitrogens is 6. The van der Waals surface area contributed by atoms with Gasteiger partial charge < -0.3 is 9.47 Å². The van der Waals surface area contributed by atoms with Gasteiger partial charge in [0.2, 0.25) is 5.82 Å². The number of aryl methyl sites for hydroxylation is 2. The highest BCUT2D eigenvalue weighted by molar-refractivity contribution is 7.18. The van der Waals surface area contributed by atoms with Gasteiger partial charge in [0.15, 0.2) is 5.82 Å². The van der Waals surface area contributed by atoms with Crippen LogP contribution in [0.4, 0.5) is 0 Å². The summed E-state index contributed by atoms with van der Waals surface area (Å²) in [4.78, 5) is 15.7. The molecule has 3 aromatic heterocycles. The number of thiophene rings is 1. The van der Waals surface area contributed by atoms with E-state index in [1.54, 1.807) is 18.4 Å². The quantitative estimate of drug-likeness (QED) is 0.471. The SMILES string of the molecule is COc1cccc(-c2nnn(-c3nc(CN4CCOCC4)nc4sc(C)c(C)c34)n2)c1. The van der Waals surface area contributed by atoms with Crippen LogP contribution in [0, 0.1) is 13.8 Å². The van der Waals surface area contributed by atoms with Gasteiger partial charge in [-0.15, -0.1) is 26.3 Å². The standard InChI is InChI=1S/C21H23N7O2S/c1-13-14(2)31-21-18(13)20(22-17(23-21)12-27-7-9-30-10-8-27)28-25-19(24-26-28)15-5-4-6-16(11-15)29-3/h4-6,11H,7-10,12H2,1-3H3. The lowest BCUT2D eigenvalue weighted by molar-refractivity contribution is 0.0331. The van der Waals surface area contributed by atoms with Gasteiger partial charge in [0.1, 0.15) is 16.4 Å². The smallest absolute Gasteiger partial charge is 0.205 e. The summed E-state index contributed by atoms with van der Waals surface area (Å²) in [6.07, 6.45) is 0. The highest BCUT2D eigenvalue weighted by Gasteiger charge is 2.20. The molecule has 4 aromatic rings. The van der Waals surface area contributed by atoms with Gasteiger partial charge in [0.05, 0.1) is 32.3 Å². The number of ether oxygens (including phenoxy) is 2. The normalized spacial score (nSPS) is 14.9. The molecule has 10 heteroatoms. The van der Waals surface area contributed by atoms with E-state index in [0.29, 0.717) is 18.2 Å². The number of fused-ring (bicyclic) bond motifs is 1. The minimum absolute atomic E-state index is 0.519. The molecule has 0 spiro atoms. The van der Waals surface area contributed by atoms with Crippen LogP contribution in [0.25, 0.3) is 27.4 Å². The second-order valence-electron chi connectivity index (χ2n) is 7.45. The van der Waals surface area contributed by atoms with E-state index in [0.717, 1.165) is 59.2 Å². The minimum Gasteiger partial charge on any atom is -0.497 e. The topological polar surface area (TPSA) is 91.1 Å². The first-order valence-corrected chi connectivity index (χ1v) is 11.0. The van der Waals surface area contributed by atoms with Crippen LogP contribution in [0.5, 0.6) is 5.75 Å². The lowest BCUT2D eigenvalue weighted by Crippen LogP contribution is -2.36. The predicted molar refractivity (Wildman–Crippen MR) is 118 cm³/mol. The zero-order valence-electron chi connectivity index (χ0n) is 17.7. The first kappa shape index (κ1) is 20.0. The van der Waals surface area contributed by atoms with Crippen molar-refractivity contribution in [3.63, 3.8) is 0 Å². The van der Waals surface area contributed by atoms with Crippen molar-refractivity contribution < 1.29 is 9.47 Å². The highest BCUT2D eigenvalue weighted by Crippen LogP contribution is 2.32. The van der Waals surface area contributed by atoms with Crippen molar-refractivity contribution in [3.8, 4) is 23.0 Å². The molecule has 160 valence electrons. The van der Waals surface area contributed by atoms with Gasteiger partial charge >= 0.3 is 0 Å². The van der Waals surface area contributed by atoms with Crippen molar-refractivity contribution in [1.29, 1.82) is 0 Å². The van der Waals surface area contributed by atoms with Gasteiger partial charge in [0.25, 0.3) is 0 Å². The Bertz CT molecular complexity index is 1230. The van der Waals surface area contributed by atoms with E-state index in [2.05, 4.69) is 34.2 Å². The van der Waals surface area contributed by atoms with E-state index >= 15 is 0 Å². The van der Waals surface area contributed by atoms with E-state index < -0.39 is 0 Å². The molecule has 1 aliphatic rings. The zero-order chi connectivity index (χ0) is 21.4. The van der Waals surface area contributed by atoms with E-state index in [1.807, 2.05) is 24.3 Å². The molecule has 0 bridgehead atoms. The van der Waals surface area contributed by atoms with Gasteiger partial charge in [-0.3, -0.25) is 4.90 Å². The molecule has 0 unspecified atom stereocenters.